The van der Waals surface area contributed by atoms with Gasteiger partial charge in [0.15, 0.2) is 0 Å². The molecule has 0 spiro atoms. The van der Waals surface area contributed by atoms with E-state index in [0.717, 1.165) is 24.3 Å². The summed E-state index contributed by atoms with van der Waals surface area (Å²) in [5, 5.41) is 3.89. The molecule has 0 aliphatic carbocycles. The minimum absolute atomic E-state index is 0.317. The van der Waals surface area contributed by atoms with Gasteiger partial charge in [0.1, 0.15) is 18.2 Å². The summed E-state index contributed by atoms with van der Waals surface area (Å²) in [4.78, 5) is 4.24. The van der Waals surface area contributed by atoms with Crippen LogP contribution in [0, 0.1) is 0 Å². The van der Waals surface area contributed by atoms with E-state index in [0.29, 0.717) is 17.9 Å². The standard InChI is InChI=1S/C13H15N3O3S/c1-20(17,18)16-8-12(10-4-2-3-5-11(10)16)19-9-13-14-6-7-15-13/h2-5,8H,6-7,9H2,1H3,(H,14,15). The van der Waals surface area contributed by atoms with Crippen molar-refractivity contribution in [1.82, 2.24) is 9.29 Å². The SMILES string of the molecule is CS(=O)(=O)n1cc(OCC2=NCCN2)c2ccccc21. The van der Waals surface area contributed by atoms with E-state index in [-0.39, 0.29) is 0 Å². The predicted molar refractivity (Wildman–Crippen MR) is 78.0 cm³/mol. The van der Waals surface area contributed by atoms with Gasteiger partial charge in [-0.1, -0.05) is 12.1 Å². The minimum Gasteiger partial charge on any atom is -0.483 e. The molecule has 1 N–H and O–H groups in total. The maximum atomic E-state index is 11.8. The summed E-state index contributed by atoms with van der Waals surface area (Å²) in [6, 6.07) is 7.26. The van der Waals surface area contributed by atoms with Gasteiger partial charge >= 0.3 is 0 Å². The highest BCUT2D eigenvalue weighted by Gasteiger charge is 2.16. The number of hydrogen-bond donors (Lipinski definition) is 1. The van der Waals surface area contributed by atoms with Crippen LogP contribution in [-0.2, 0) is 10.0 Å². The smallest absolute Gasteiger partial charge is 0.236 e. The summed E-state index contributed by atoms with van der Waals surface area (Å²) >= 11 is 0. The lowest BCUT2D eigenvalue weighted by atomic mass is 10.2. The molecule has 3 rings (SSSR count). The zero-order chi connectivity index (χ0) is 14.2. The second-order valence-electron chi connectivity index (χ2n) is 4.61. The number of rotatable bonds is 4. The minimum atomic E-state index is -3.36. The molecule has 0 radical (unpaired) electrons. The monoisotopic (exact) mass is 293 g/mol. The molecule has 1 aromatic heterocycles. The first-order valence-electron chi connectivity index (χ1n) is 6.26. The van der Waals surface area contributed by atoms with Gasteiger partial charge in [-0.2, -0.15) is 0 Å². The van der Waals surface area contributed by atoms with E-state index < -0.39 is 10.0 Å². The number of amidine groups is 1. The third-order valence-corrected chi connectivity index (χ3v) is 4.12. The molecule has 0 amide bonds. The van der Waals surface area contributed by atoms with Crippen LogP contribution in [0.25, 0.3) is 10.9 Å². The van der Waals surface area contributed by atoms with Gasteiger partial charge in [-0.15, -0.1) is 0 Å². The second-order valence-corrected chi connectivity index (χ2v) is 6.47. The first kappa shape index (κ1) is 13.0. The van der Waals surface area contributed by atoms with Crippen LogP contribution in [0.15, 0.2) is 35.5 Å². The summed E-state index contributed by atoms with van der Waals surface area (Å²) in [5.41, 5.74) is 0.617. The van der Waals surface area contributed by atoms with Gasteiger partial charge in [0, 0.05) is 11.9 Å². The number of fused-ring (bicyclic) bond motifs is 1. The highest BCUT2D eigenvalue weighted by Crippen LogP contribution is 2.28. The fourth-order valence-corrected chi connectivity index (χ4v) is 3.00. The maximum Gasteiger partial charge on any atom is 0.236 e. The van der Waals surface area contributed by atoms with Gasteiger partial charge in [-0.25, -0.2) is 12.4 Å². The lowest BCUT2D eigenvalue weighted by molar-refractivity contribution is 0.377. The molecule has 0 saturated heterocycles. The molecule has 20 heavy (non-hydrogen) atoms. The van der Waals surface area contributed by atoms with E-state index in [1.54, 1.807) is 12.1 Å². The van der Waals surface area contributed by atoms with Crippen molar-refractivity contribution in [2.24, 2.45) is 4.99 Å². The summed E-state index contributed by atoms with van der Waals surface area (Å²) in [6.45, 7) is 1.89. The molecule has 0 atom stereocenters. The number of benzene rings is 1. The summed E-state index contributed by atoms with van der Waals surface area (Å²) in [7, 11) is -3.36. The van der Waals surface area contributed by atoms with Crippen LogP contribution in [0.4, 0.5) is 0 Å². The second kappa shape index (κ2) is 4.82. The lowest BCUT2D eigenvalue weighted by Crippen LogP contribution is -2.24. The average Bonchev–Trinajstić information content (AvgIpc) is 3.03. The fourth-order valence-electron chi connectivity index (χ4n) is 2.20. The molecule has 7 heteroatoms. The lowest BCUT2D eigenvalue weighted by Gasteiger charge is -2.04. The van der Waals surface area contributed by atoms with Crippen LogP contribution in [0.5, 0.6) is 5.75 Å². The van der Waals surface area contributed by atoms with Crippen LogP contribution in [-0.4, -0.2) is 44.2 Å². The van der Waals surface area contributed by atoms with Gasteiger partial charge in [-0.3, -0.25) is 4.99 Å². The number of nitrogens with one attached hydrogen (secondary N) is 1. The zero-order valence-electron chi connectivity index (χ0n) is 11.0. The van der Waals surface area contributed by atoms with Crippen molar-refractivity contribution in [3.63, 3.8) is 0 Å². The van der Waals surface area contributed by atoms with Gasteiger partial charge in [0.2, 0.25) is 10.0 Å². The van der Waals surface area contributed by atoms with E-state index in [2.05, 4.69) is 10.3 Å². The predicted octanol–water partition coefficient (Wildman–Crippen LogP) is 0.829. The molecular weight excluding hydrogens is 278 g/mol. The molecule has 1 aliphatic rings. The Kier molecular flexibility index (Phi) is 3.13. The summed E-state index contributed by atoms with van der Waals surface area (Å²) in [6.07, 6.45) is 2.68. The maximum absolute atomic E-state index is 11.8. The Labute approximate surface area is 117 Å². The Hall–Kier alpha value is -2.02. The van der Waals surface area contributed by atoms with Crippen molar-refractivity contribution < 1.29 is 13.2 Å². The molecule has 6 nitrogen and oxygen atoms in total. The number of aliphatic imine (C=N–C) groups is 1. The van der Waals surface area contributed by atoms with Crippen LogP contribution in [0.3, 0.4) is 0 Å². The van der Waals surface area contributed by atoms with Gasteiger partial charge < -0.3 is 10.1 Å². The van der Waals surface area contributed by atoms with E-state index in [4.69, 9.17) is 4.74 Å². The summed E-state index contributed by atoms with van der Waals surface area (Å²) < 4.78 is 30.5. The van der Waals surface area contributed by atoms with E-state index in [9.17, 15) is 8.42 Å². The van der Waals surface area contributed by atoms with Crippen LogP contribution in [0.1, 0.15) is 0 Å². The van der Waals surface area contributed by atoms with Crippen LogP contribution >= 0.6 is 0 Å². The van der Waals surface area contributed by atoms with E-state index >= 15 is 0 Å². The third kappa shape index (κ3) is 2.36. The first-order chi connectivity index (χ1) is 9.55. The fraction of sp³-hybridized carbons (Fsp3) is 0.308. The molecule has 1 aromatic carbocycles. The number of aromatic nitrogens is 1. The molecule has 106 valence electrons. The normalized spacial score (nSPS) is 15.2. The number of hydrogen-bond acceptors (Lipinski definition) is 5. The van der Waals surface area contributed by atoms with Crippen molar-refractivity contribution in [2.75, 3.05) is 26.0 Å². The number of nitrogens with zero attached hydrogens (tertiary/aromatic N) is 2. The van der Waals surface area contributed by atoms with E-state index in [1.165, 1.54) is 16.4 Å². The van der Waals surface area contributed by atoms with Crippen molar-refractivity contribution in [2.45, 2.75) is 0 Å². The van der Waals surface area contributed by atoms with Gasteiger partial charge in [0.05, 0.1) is 24.5 Å². The Morgan fingerprint density at radius 3 is 2.90 bits per heavy atom. The molecule has 2 heterocycles. The Bertz CT molecular complexity index is 777. The Balaban J connectivity index is 1.98. The van der Waals surface area contributed by atoms with Crippen molar-refractivity contribution >= 4 is 26.8 Å². The average molecular weight is 293 g/mol. The molecule has 2 aromatic rings. The number of para-hydroxylation sites is 1. The largest absolute Gasteiger partial charge is 0.483 e. The quantitative estimate of drug-likeness (QED) is 0.906. The Morgan fingerprint density at radius 1 is 1.40 bits per heavy atom. The molecule has 0 fully saturated rings. The molecular formula is C13H15N3O3S. The van der Waals surface area contributed by atoms with Crippen molar-refractivity contribution in [3.8, 4) is 5.75 Å². The molecule has 0 saturated carbocycles. The molecule has 1 aliphatic heterocycles. The zero-order valence-corrected chi connectivity index (χ0v) is 11.9. The highest BCUT2D eigenvalue weighted by atomic mass is 32.2. The van der Waals surface area contributed by atoms with Gasteiger partial charge in [0.25, 0.3) is 0 Å². The van der Waals surface area contributed by atoms with Crippen molar-refractivity contribution in [1.29, 1.82) is 0 Å². The first-order valence-corrected chi connectivity index (χ1v) is 8.11. The van der Waals surface area contributed by atoms with Crippen molar-refractivity contribution in [3.05, 3.63) is 30.5 Å². The molecule has 0 unspecified atom stereocenters. The van der Waals surface area contributed by atoms with E-state index in [1.807, 2.05) is 12.1 Å². The topological polar surface area (TPSA) is 72.7 Å². The Morgan fingerprint density at radius 2 is 2.20 bits per heavy atom. The highest BCUT2D eigenvalue weighted by molar-refractivity contribution is 7.89. The van der Waals surface area contributed by atoms with Gasteiger partial charge in [-0.05, 0) is 12.1 Å². The third-order valence-electron chi connectivity index (χ3n) is 3.11. The molecule has 0 bridgehead atoms. The summed E-state index contributed by atoms with van der Waals surface area (Å²) in [5.74, 6) is 1.34. The van der Waals surface area contributed by atoms with Crippen LogP contribution < -0.4 is 10.1 Å². The van der Waals surface area contributed by atoms with Crippen LogP contribution in [0.2, 0.25) is 0 Å². The number of ether oxygens (including phenoxy) is 1.